The Morgan fingerprint density at radius 1 is 1.03 bits per heavy atom. The number of hydrogen-bond donors (Lipinski definition) is 1. The lowest BCUT2D eigenvalue weighted by molar-refractivity contribution is -0.147. The molecule has 0 aromatic heterocycles. The third kappa shape index (κ3) is 4.92. The lowest BCUT2D eigenvalue weighted by Gasteiger charge is -2.17. The summed E-state index contributed by atoms with van der Waals surface area (Å²) in [7, 11) is 0. The number of rotatable bonds is 6. The molecule has 3 rings (SSSR count). The van der Waals surface area contributed by atoms with Crippen LogP contribution in [0.1, 0.15) is 43.8 Å². The Labute approximate surface area is 175 Å². The van der Waals surface area contributed by atoms with Gasteiger partial charge in [0.05, 0.1) is 12.5 Å². The van der Waals surface area contributed by atoms with Gasteiger partial charge in [0.15, 0.2) is 12.4 Å². The van der Waals surface area contributed by atoms with Crippen molar-refractivity contribution in [2.75, 3.05) is 13.2 Å². The lowest BCUT2D eigenvalue weighted by Crippen LogP contribution is -2.43. The van der Waals surface area contributed by atoms with Crippen molar-refractivity contribution in [3.8, 4) is 0 Å². The average Bonchev–Trinajstić information content (AvgIpc) is 3.08. The molecule has 0 aliphatic carbocycles. The molecule has 30 heavy (non-hydrogen) atoms. The number of aryl methyl sites for hydroxylation is 3. The molecular formula is C23H24N2O5. The van der Waals surface area contributed by atoms with Gasteiger partial charge in [-0.1, -0.05) is 29.8 Å². The van der Waals surface area contributed by atoms with Crippen molar-refractivity contribution >= 4 is 23.6 Å². The van der Waals surface area contributed by atoms with Crippen LogP contribution in [0.25, 0.3) is 0 Å². The zero-order valence-electron chi connectivity index (χ0n) is 17.2. The highest BCUT2D eigenvalue weighted by Crippen LogP contribution is 2.18. The third-order valence-electron chi connectivity index (χ3n) is 5.15. The van der Waals surface area contributed by atoms with E-state index in [0.717, 1.165) is 21.7 Å². The fourth-order valence-corrected chi connectivity index (χ4v) is 3.20. The van der Waals surface area contributed by atoms with Gasteiger partial charge in [0.25, 0.3) is 5.91 Å². The predicted octanol–water partition coefficient (Wildman–Crippen LogP) is 2.53. The quantitative estimate of drug-likeness (QED) is 0.586. The summed E-state index contributed by atoms with van der Waals surface area (Å²) in [6.45, 7) is 5.34. The fraction of sp³-hybridized carbons (Fsp3) is 0.304. The summed E-state index contributed by atoms with van der Waals surface area (Å²) in [6.07, 6.45) is -0.0786. The van der Waals surface area contributed by atoms with Crippen LogP contribution in [0.3, 0.4) is 0 Å². The average molecular weight is 408 g/mol. The maximum absolute atomic E-state index is 12.3. The van der Waals surface area contributed by atoms with Crippen LogP contribution in [0.4, 0.5) is 0 Å². The first-order valence-corrected chi connectivity index (χ1v) is 9.69. The number of nitrogens with one attached hydrogen (secondary N) is 1. The Balaban J connectivity index is 1.53. The SMILES string of the molecule is Cc1cccc(C(=O)NN2CC(C(=O)OCC(=O)c3ccc(C)c(C)c3)CC2=O)c1. The topological polar surface area (TPSA) is 92.8 Å². The van der Waals surface area contributed by atoms with E-state index in [2.05, 4.69) is 5.43 Å². The van der Waals surface area contributed by atoms with Crippen molar-refractivity contribution in [3.05, 3.63) is 70.3 Å². The van der Waals surface area contributed by atoms with Crippen LogP contribution in [0.5, 0.6) is 0 Å². The number of benzene rings is 2. The number of ether oxygens (including phenoxy) is 1. The molecule has 1 atom stereocenters. The first-order valence-electron chi connectivity index (χ1n) is 9.69. The van der Waals surface area contributed by atoms with E-state index in [1.807, 2.05) is 32.9 Å². The van der Waals surface area contributed by atoms with E-state index in [0.29, 0.717) is 11.1 Å². The Bertz CT molecular complexity index is 1010. The predicted molar refractivity (Wildman–Crippen MR) is 110 cm³/mol. The molecular weight excluding hydrogens is 384 g/mol. The van der Waals surface area contributed by atoms with Crippen LogP contribution in [0.2, 0.25) is 0 Å². The molecule has 156 valence electrons. The van der Waals surface area contributed by atoms with Gasteiger partial charge in [0, 0.05) is 17.5 Å². The van der Waals surface area contributed by atoms with Gasteiger partial charge in [0.1, 0.15) is 0 Å². The molecule has 2 amide bonds. The van der Waals surface area contributed by atoms with Gasteiger partial charge in [-0.3, -0.25) is 29.6 Å². The number of carbonyl (C=O) groups excluding carboxylic acids is 4. The van der Waals surface area contributed by atoms with E-state index in [4.69, 9.17) is 4.74 Å². The molecule has 1 unspecified atom stereocenters. The van der Waals surface area contributed by atoms with Gasteiger partial charge >= 0.3 is 5.97 Å². The first kappa shape index (κ1) is 21.2. The number of Topliss-reactive ketones (excluding diaryl/α,β-unsaturated/α-hetero) is 1. The minimum atomic E-state index is -0.733. The third-order valence-corrected chi connectivity index (χ3v) is 5.15. The second kappa shape index (κ2) is 8.90. The summed E-state index contributed by atoms with van der Waals surface area (Å²) in [5.41, 5.74) is 6.40. The van der Waals surface area contributed by atoms with Crippen molar-refractivity contribution in [1.29, 1.82) is 0 Å². The van der Waals surface area contributed by atoms with Gasteiger partial charge in [-0.25, -0.2) is 0 Å². The maximum atomic E-state index is 12.3. The van der Waals surface area contributed by atoms with E-state index >= 15 is 0 Å². The summed E-state index contributed by atoms with van der Waals surface area (Å²) in [5, 5.41) is 1.13. The van der Waals surface area contributed by atoms with E-state index in [9.17, 15) is 19.2 Å². The zero-order valence-corrected chi connectivity index (χ0v) is 17.2. The highest BCUT2D eigenvalue weighted by molar-refractivity contribution is 5.99. The number of carbonyl (C=O) groups is 4. The molecule has 0 radical (unpaired) electrons. The number of ketones is 1. The summed E-state index contributed by atoms with van der Waals surface area (Å²) in [5.74, 6) is -2.47. The van der Waals surface area contributed by atoms with Gasteiger partial charge in [-0.15, -0.1) is 0 Å². The molecule has 1 fully saturated rings. The molecule has 1 saturated heterocycles. The molecule has 1 aliphatic rings. The Morgan fingerprint density at radius 2 is 1.80 bits per heavy atom. The van der Waals surface area contributed by atoms with E-state index in [-0.39, 0.29) is 31.3 Å². The van der Waals surface area contributed by atoms with Crippen LogP contribution in [0.15, 0.2) is 42.5 Å². The Hall–Kier alpha value is -3.48. The van der Waals surface area contributed by atoms with E-state index in [1.54, 1.807) is 30.3 Å². The second-order valence-electron chi connectivity index (χ2n) is 7.55. The molecule has 0 spiro atoms. The summed E-state index contributed by atoms with van der Waals surface area (Å²) in [4.78, 5) is 49.1. The summed E-state index contributed by atoms with van der Waals surface area (Å²) < 4.78 is 5.13. The normalized spacial score (nSPS) is 15.8. The van der Waals surface area contributed by atoms with E-state index < -0.39 is 17.8 Å². The summed E-state index contributed by atoms with van der Waals surface area (Å²) in [6, 6.07) is 12.3. The number of esters is 1. The van der Waals surface area contributed by atoms with Crippen molar-refractivity contribution in [2.45, 2.75) is 27.2 Å². The zero-order chi connectivity index (χ0) is 21.8. The highest BCUT2D eigenvalue weighted by atomic mass is 16.5. The highest BCUT2D eigenvalue weighted by Gasteiger charge is 2.36. The molecule has 1 heterocycles. The molecule has 2 aromatic carbocycles. The summed E-state index contributed by atoms with van der Waals surface area (Å²) >= 11 is 0. The van der Waals surface area contributed by atoms with Crippen LogP contribution in [-0.2, 0) is 14.3 Å². The molecule has 1 aliphatic heterocycles. The fourth-order valence-electron chi connectivity index (χ4n) is 3.20. The van der Waals surface area contributed by atoms with Gasteiger partial charge in [-0.2, -0.15) is 0 Å². The molecule has 2 aromatic rings. The van der Waals surface area contributed by atoms with Crippen LogP contribution < -0.4 is 5.43 Å². The van der Waals surface area contributed by atoms with Gasteiger partial charge in [-0.05, 0) is 50.1 Å². The number of nitrogens with zero attached hydrogens (tertiary/aromatic N) is 1. The van der Waals surface area contributed by atoms with Crippen molar-refractivity contribution in [2.24, 2.45) is 5.92 Å². The second-order valence-corrected chi connectivity index (χ2v) is 7.55. The minimum Gasteiger partial charge on any atom is -0.457 e. The lowest BCUT2D eigenvalue weighted by atomic mass is 10.0. The molecule has 7 heteroatoms. The van der Waals surface area contributed by atoms with Crippen molar-refractivity contribution in [1.82, 2.24) is 10.4 Å². The van der Waals surface area contributed by atoms with Crippen LogP contribution in [-0.4, -0.2) is 41.7 Å². The van der Waals surface area contributed by atoms with Crippen LogP contribution >= 0.6 is 0 Å². The Morgan fingerprint density at radius 3 is 2.50 bits per heavy atom. The van der Waals surface area contributed by atoms with Crippen LogP contribution in [0, 0.1) is 26.7 Å². The Kier molecular flexibility index (Phi) is 6.30. The number of hydrazine groups is 1. The standard InChI is InChI=1S/C23H24N2O5/c1-14-5-4-6-18(9-14)22(28)24-25-12-19(11-21(25)27)23(29)30-13-20(26)17-8-7-15(2)16(3)10-17/h4-10,19H,11-13H2,1-3H3,(H,24,28). The molecule has 1 N–H and O–H groups in total. The maximum Gasteiger partial charge on any atom is 0.311 e. The number of amides is 2. The molecule has 0 saturated carbocycles. The smallest absolute Gasteiger partial charge is 0.311 e. The monoisotopic (exact) mass is 408 g/mol. The first-order chi connectivity index (χ1) is 14.2. The van der Waals surface area contributed by atoms with Gasteiger partial charge < -0.3 is 4.74 Å². The van der Waals surface area contributed by atoms with Crippen molar-refractivity contribution in [3.63, 3.8) is 0 Å². The molecule has 0 bridgehead atoms. The van der Waals surface area contributed by atoms with E-state index in [1.165, 1.54) is 0 Å². The van der Waals surface area contributed by atoms with Crippen molar-refractivity contribution < 1.29 is 23.9 Å². The largest absolute Gasteiger partial charge is 0.457 e. The number of hydrogen-bond acceptors (Lipinski definition) is 5. The van der Waals surface area contributed by atoms with Gasteiger partial charge in [0.2, 0.25) is 5.91 Å². The molecule has 7 nitrogen and oxygen atoms in total. The minimum absolute atomic E-state index is 0.00700.